The van der Waals surface area contributed by atoms with E-state index in [1.165, 1.54) is 6.33 Å². The molecule has 3 aromatic rings. The predicted octanol–water partition coefficient (Wildman–Crippen LogP) is 3.53. The maximum atomic E-state index is 13.0. The Morgan fingerprint density at radius 2 is 1.88 bits per heavy atom. The van der Waals surface area contributed by atoms with Gasteiger partial charge in [0.15, 0.2) is 0 Å². The molecule has 3 aromatic heterocycles. The molecule has 1 N–H and O–H groups in total. The van der Waals surface area contributed by atoms with Gasteiger partial charge in [-0.05, 0) is 37.8 Å². The van der Waals surface area contributed by atoms with Gasteiger partial charge in [-0.25, -0.2) is 14.8 Å². The highest BCUT2D eigenvalue weighted by Crippen LogP contribution is 2.34. The van der Waals surface area contributed by atoms with Gasteiger partial charge in [0.25, 0.3) is 5.91 Å². The number of aromatic amines is 1. The number of anilines is 1. The van der Waals surface area contributed by atoms with Crippen LogP contribution < -0.4 is 9.64 Å². The average molecular weight is 460 g/mol. The number of imide groups is 1. The van der Waals surface area contributed by atoms with Gasteiger partial charge in [0, 0.05) is 18.4 Å². The van der Waals surface area contributed by atoms with Crippen LogP contribution in [0.25, 0.3) is 11.0 Å². The largest absolute Gasteiger partial charge is 0.474 e. The topological polar surface area (TPSA) is 104 Å². The minimum Gasteiger partial charge on any atom is -0.474 e. The first-order valence-corrected chi connectivity index (χ1v) is 10.4. The van der Waals surface area contributed by atoms with Crippen LogP contribution >= 0.6 is 0 Å². The lowest BCUT2D eigenvalue weighted by Gasteiger charge is -2.33. The molecule has 3 amide bonds. The first-order valence-electron chi connectivity index (χ1n) is 10.4. The monoisotopic (exact) mass is 460 g/mol. The number of fused-ring (bicyclic) bond motifs is 1. The summed E-state index contributed by atoms with van der Waals surface area (Å²) in [7, 11) is 0. The Morgan fingerprint density at radius 1 is 1.09 bits per heavy atom. The van der Waals surface area contributed by atoms with Crippen molar-refractivity contribution in [3.8, 4) is 5.88 Å². The van der Waals surface area contributed by atoms with Crippen molar-refractivity contribution in [1.82, 2.24) is 24.8 Å². The van der Waals surface area contributed by atoms with Crippen LogP contribution in [0.4, 0.5) is 23.7 Å². The molecule has 0 atom stereocenters. The first-order chi connectivity index (χ1) is 15.8. The summed E-state index contributed by atoms with van der Waals surface area (Å²) in [5, 5.41) is 0.773. The molecule has 1 aliphatic carbocycles. The molecular weight excluding hydrogens is 441 g/mol. The third-order valence-electron chi connectivity index (χ3n) is 5.97. The van der Waals surface area contributed by atoms with Crippen molar-refractivity contribution in [2.45, 2.75) is 44.0 Å². The van der Waals surface area contributed by atoms with Crippen LogP contribution in [0.3, 0.4) is 0 Å². The van der Waals surface area contributed by atoms with Gasteiger partial charge in [0.1, 0.15) is 24.6 Å². The number of halogens is 3. The van der Waals surface area contributed by atoms with Crippen molar-refractivity contribution in [3.63, 3.8) is 0 Å². The van der Waals surface area contributed by atoms with Gasteiger partial charge >= 0.3 is 12.2 Å². The van der Waals surface area contributed by atoms with E-state index in [4.69, 9.17) is 4.74 Å². The van der Waals surface area contributed by atoms with Crippen LogP contribution in [0.5, 0.6) is 5.88 Å². The fraction of sp³-hybridized carbons (Fsp3) is 0.381. The van der Waals surface area contributed by atoms with Gasteiger partial charge in [-0.3, -0.25) is 19.6 Å². The number of nitrogens with one attached hydrogen (secondary N) is 1. The van der Waals surface area contributed by atoms with E-state index in [0.29, 0.717) is 43.4 Å². The summed E-state index contributed by atoms with van der Waals surface area (Å²) in [5.41, 5.74) is -0.356. The van der Waals surface area contributed by atoms with E-state index < -0.39 is 23.7 Å². The molecule has 4 heterocycles. The average Bonchev–Trinajstić information content (AvgIpc) is 3.39. The Bertz CT molecular complexity index is 1210. The molecule has 2 aliphatic rings. The van der Waals surface area contributed by atoms with E-state index in [9.17, 15) is 22.8 Å². The van der Waals surface area contributed by atoms with Crippen LogP contribution in [-0.4, -0.2) is 55.5 Å². The van der Waals surface area contributed by atoms with Crippen molar-refractivity contribution in [2.24, 2.45) is 0 Å². The van der Waals surface area contributed by atoms with Crippen LogP contribution in [0, 0.1) is 0 Å². The smallest absolute Gasteiger partial charge is 0.417 e. The Balaban J connectivity index is 1.25. The summed E-state index contributed by atoms with van der Waals surface area (Å²) >= 11 is 0. The Morgan fingerprint density at radius 3 is 2.64 bits per heavy atom. The number of aromatic nitrogens is 4. The quantitative estimate of drug-likeness (QED) is 0.598. The third kappa shape index (κ3) is 3.96. The molecular formula is C21H19F3N6O3. The zero-order valence-electron chi connectivity index (χ0n) is 17.2. The molecule has 0 aromatic carbocycles. The number of hydrogen-bond acceptors (Lipinski definition) is 6. The zero-order valence-corrected chi connectivity index (χ0v) is 17.2. The number of carbonyl (C=O) groups excluding carboxylic acids is 2. The van der Waals surface area contributed by atoms with Crippen molar-refractivity contribution < 1.29 is 27.5 Å². The lowest BCUT2D eigenvalue weighted by Crippen LogP contribution is -2.44. The van der Waals surface area contributed by atoms with E-state index in [0.717, 1.165) is 27.4 Å². The van der Waals surface area contributed by atoms with Crippen molar-refractivity contribution in [2.75, 3.05) is 11.4 Å². The Hall–Kier alpha value is -3.70. The Kier molecular flexibility index (Phi) is 5.14. The number of H-pyrrole nitrogens is 1. The molecule has 0 unspecified atom stereocenters. The number of amides is 3. The van der Waals surface area contributed by atoms with Gasteiger partial charge in [0.2, 0.25) is 5.88 Å². The number of rotatable bonds is 4. The minimum absolute atomic E-state index is 0.0537. The van der Waals surface area contributed by atoms with Crippen LogP contribution in [-0.2, 0) is 11.0 Å². The van der Waals surface area contributed by atoms with Crippen molar-refractivity contribution in [1.29, 1.82) is 0 Å². The van der Waals surface area contributed by atoms with E-state index in [-0.39, 0.29) is 24.4 Å². The highest BCUT2D eigenvalue weighted by molar-refractivity contribution is 6.12. The molecule has 5 rings (SSSR count). The number of ether oxygens (including phenoxy) is 1. The molecule has 1 saturated heterocycles. The van der Waals surface area contributed by atoms with Gasteiger partial charge in [-0.1, -0.05) is 0 Å². The number of hydrogen-bond donors (Lipinski definition) is 1. The number of carbonyl (C=O) groups is 2. The molecule has 33 heavy (non-hydrogen) atoms. The molecule has 12 heteroatoms. The predicted molar refractivity (Wildman–Crippen MR) is 109 cm³/mol. The summed E-state index contributed by atoms with van der Waals surface area (Å²) in [6, 6.07) is 1.69. The van der Waals surface area contributed by atoms with Gasteiger partial charge < -0.3 is 9.72 Å². The van der Waals surface area contributed by atoms with Crippen LogP contribution in [0.15, 0.2) is 37.1 Å². The van der Waals surface area contributed by atoms with Crippen LogP contribution in [0.2, 0.25) is 0 Å². The maximum absolute atomic E-state index is 13.0. The lowest BCUT2D eigenvalue weighted by molar-refractivity contribution is -0.137. The summed E-state index contributed by atoms with van der Waals surface area (Å²) in [4.78, 5) is 42.6. The van der Waals surface area contributed by atoms with E-state index >= 15 is 0 Å². The number of pyridine rings is 1. The fourth-order valence-corrected chi connectivity index (χ4v) is 4.33. The lowest BCUT2D eigenvalue weighted by atomic mass is 9.92. The molecule has 2 fully saturated rings. The number of urea groups is 1. The molecule has 0 spiro atoms. The highest BCUT2D eigenvalue weighted by atomic mass is 19.4. The second kappa shape index (κ2) is 8.01. The highest BCUT2D eigenvalue weighted by Gasteiger charge is 2.43. The summed E-state index contributed by atoms with van der Waals surface area (Å²) in [6.07, 6.45) is 2.52. The molecule has 1 aliphatic heterocycles. The fourth-order valence-electron chi connectivity index (χ4n) is 4.33. The first kappa shape index (κ1) is 21.2. The van der Waals surface area contributed by atoms with Gasteiger partial charge in [0.05, 0.1) is 22.8 Å². The molecule has 172 valence electrons. The summed E-state index contributed by atoms with van der Waals surface area (Å²) in [6.45, 7) is -0.315. The van der Waals surface area contributed by atoms with E-state index in [2.05, 4.69) is 19.9 Å². The normalized spacial score (nSPS) is 21.8. The van der Waals surface area contributed by atoms with Gasteiger partial charge in [-0.2, -0.15) is 13.2 Å². The van der Waals surface area contributed by atoms with Crippen molar-refractivity contribution in [3.05, 3.63) is 42.6 Å². The standard InChI is InChI=1S/C21H19F3N6O3/c22-21(23,24)12-7-14(9-25-8-12)29-10-17(31)30(20(29)32)13-1-3-15(4-2-13)33-19-16-5-6-26-18(16)27-11-28-19/h5-9,11,13,15H,1-4,10H2,(H,26,27,28)/t13-,15-. The third-order valence-corrected chi connectivity index (χ3v) is 5.97. The zero-order chi connectivity index (χ0) is 23.2. The summed E-state index contributed by atoms with van der Waals surface area (Å²) < 4.78 is 45.1. The molecule has 1 saturated carbocycles. The SMILES string of the molecule is O=C1CN(c2cncc(C(F)(F)F)c2)C(=O)N1[C@H]1CC[C@H](Oc2ncnc3[nH]ccc23)CC1. The second-order valence-electron chi connectivity index (χ2n) is 8.03. The van der Waals surface area contributed by atoms with E-state index in [1.807, 2.05) is 6.07 Å². The van der Waals surface area contributed by atoms with Gasteiger partial charge in [-0.15, -0.1) is 0 Å². The van der Waals surface area contributed by atoms with E-state index in [1.54, 1.807) is 6.20 Å². The molecule has 0 bridgehead atoms. The van der Waals surface area contributed by atoms with Crippen LogP contribution in [0.1, 0.15) is 31.2 Å². The summed E-state index contributed by atoms with van der Waals surface area (Å²) in [5.74, 6) is 0.0351. The van der Waals surface area contributed by atoms with Crippen molar-refractivity contribution >= 4 is 28.7 Å². The second-order valence-corrected chi connectivity index (χ2v) is 8.03. The number of nitrogens with zero attached hydrogens (tertiary/aromatic N) is 5. The maximum Gasteiger partial charge on any atom is 0.417 e. The number of alkyl halides is 3. The Labute approximate surface area is 185 Å². The molecule has 9 nitrogen and oxygen atoms in total. The molecule has 0 radical (unpaired) electrons. The minimum atomic E-state index is -4.59.